The van der Waals surface area contributed by atoms with E-state index in [4.69, 9.17) is 0 Å². The molecule has 2 heterocycles. The molecule has 2 aliphatic heterocycles. The summed E-state index contributed by atoms with van der Waals surface area (Å²) in [5.41, 5.74) is 0.292. The van der Waals surface area contributed by atoms with E-state index in [1.54, 1.807) is 0 Å². The second-order valence-electron chi connectivity index (χ2n) is 6.93. The number of hydrogen-bond donors (Lipinski definition) is 0. The van der Waals surface area contributed by atoms with Crippen molar-refractivity contribution < 1.29 is 9.31 Å². The van der Waals surface area contributed by atoms with Crippen LogP contribution in [0.25, 0.3) is 0 Å². The third kappa shape index (κ3) is 4.02. The summed E-state index contributed by atoms with van der Waals surface area (Å²) in [4.78, 5) is 17.1. The summed E-state index contributed by atoms with van der Waals surface area (Å²) in [5.74, 6) is 0.160. The molecular formula is C17H25FN4O2. The lowest BCUT2D eigenvalue weighted by Crippen LogP contribution is -2.47. The van der Waals surface area contributed by atoms with E-state index in [9.17, 15) is 14.5 Å². The average Bonchev–Trinajstić information content (AvgIpc) is 2.58. The number of nitrogens with zero attached hydrogens (tertiary/aromatic N) is 4. The molecule has 0 aromatic heterocycles. The minimum Gasteiger partial charge on any atom is -0.369 e. The van der Waals surface area contributed by atoms with E-state index in [0.29, 0.717) is 11.6 Å². The number of likely N-dealkylation sites (N-methyl/N-ethyl adjacent to an activating group) is 1. The third-order valence-electron chi connectivity index (χ3n) is 5.21. The first kappa shape index (κ1) is 17.1. The lowest BCUT2D eigenvalue weighted by atomic mass is 9.95. The van der Waals surface area contributed by atoms with Crippen molar-refractivity contribution in [3.63, 3.8) is 0 Å². The normalized spacial score (nSPS) is 21.2. The van der Waals surface area contributed by atoms with Crippen LogP contribution in [0.2, 0.25) is 0 Å². The molecule has 2 saturated heterocycles. The molecule has 2 aliphatic rings. The SMILES string of the molecule is CN1CCN(CC2CCN(c3ccc([N+](=O)[O-])cc3F)CC2)CC1. The highest BCUT2D eigenvalue weighted by molar-refractivity contribution is 5.52. The fraction of sp³-hybridized carbons (Fsp3) is 0.647. The largest absolute Gasteiger partial charge is 0.369 e. The van der Waals surface area contributed by atoms with Crippen molar-refractivity contribution in [3.05, 3.63) is 34.1 Å². The first-order chi connectivity index (χ1) is 11.5. The molecule has 0 amide bonds. The Morgan fingerprint density at radius 2 is 1.83 bits per heavy atom. The van der Waals surface area contributed by atoms with Crippen molar-refractivity contribution in [2.45, 2.75) is 12.8 Å². The van der Waals surface area contributed by atoms with Gasteiger partial charge in [0.05, 0.1) is 16.7 Å². The summed E-state index contributed by atoms with van der Waals surface area (Å²) in [6.07, 6.45) is 2.09. The van der Waals surface area contributed by atoms with E-state index >= 15 is 0 Å². The number of benzene rings is 1. The second-order valence-corrected chi connectivity index (χ2v) is 6.93. The fourth-order valence-corrected chi connectivity index (χ4v) is 3.62. The van der Waals surface area contributed by atoms with Gasteiger partial charge in [0.2, 0.25) is 0 Å². The lowest BCUT2D eigenvalue weighted by molar-refractivity contribution is -0.385. The molecule has 0 atom stereocenters. The van der Waals surface area contributed by atoms with E-state index in [-0.39, 0.29) is 5.69 Å². The Morgan fingerprint density at radius 3 is 2.42 bits per heavy atom. The number of anilines is 1. The van der Waals surface area contributed by atoms with Gasteiger partial charge < -0.3 is 14.7 Å². The summed E-state index contributed by atoms with van der Waals surface area (Å²) in [6, 6.07) is 3.94. The van der Waals surface area contributed by atoms with Crippen LogP contribution in [0.3, 0.4) is 0 Å². The van der Waals surface area contributed by atoms with Crippen molar-refractivity contribution in [1.82, 2.24) is 9.80 Å². The van der Waals surface area contributed by atoms with Gasteiger partial charge in [-0.3, -0.25) is 10.1 Å². The highest BCUT2D eigenvalue weighted by Gasteiger charge is 2.25. The van der Waals surface area contributed by atoms with E-state index in [1.807, 2.05) is 4.90 Å². The molecule has 0 unspecified atom stereocenters. The van der Waals surface area contributed by atoms with Crippen LogP contribution in [0.15, 0.2) is 18.2 Å². The van der Waals surface area contributed by atoms with Crippen LogP contribution in [-0.4, -0.2) is 67.6 Å². The number of piperidine rings is 1. The summed E-state index contributed by atoms with van der Waals surface area (Å²) >= 11 is 0. The van der Waals surface area contributed by atoms with Gasteiger partial charge in [0.1, 0.15) is 0 Å². The van der Waals surface area contributed by atoms with Crippen LogP contribution in [0, 0.1) is 21.8 Å². The molecule has 7 heteroatoms. The molecule has 0 spiro atoms. The maximum atomic E-state index is 14.1. The topological polar surface area (TPSA) is 52.9 Å². The van der Waals surface area contributed by atoms with E-state index in [2.05, 4.69) is 16.8 Å². The predicted molar refractivity (Wildman–Crippen MR) is 91.9 cm³/mol. The maximum Gasteiger partial charge on any atom is 0.272 e. The number of piperazine rings is 1. The van der Waals surface area contributed by atoms with Gasteiger partial charge in [-0.05, 0) is 31.9 Å². The molecule has 3 rings (SSSR count). The zero-order chi connectivity index (χ0) is 17.1. The van der Waals surface area contributed by atoms with Crippen LogP contribution in [0.4, 0.5) is 15.8 Å². The first-order valence-corrected chi connectivity index (χ1v) is 8.62. The molecule has 1 aromatic rings. The Kier molecular flexibility index (Phi) is 5.30. The molecule has 2 fully saturated rings. The molecule has 24 heavy (non-hydrogen) atoms. The minimum atomic E-state index is -0.560. The van der Waals surface area contributed by atoms with Crippen molar-refractivity contribution in [3.8, 4) is 0 Å². The van der Waals surface area contributed by atoms with Gasteiger partial charge in [-0.2, -0.15) is 0 Å². The number of nitro groups is 1. The predicted octanol–water partition coefficient (Wildman–Crippen LogP) is 2.20. The number of nitro benzene ring substituents is 1. The standard InChI is InChI=1S/C17H25FN4O2/c1-19-8-10-20(11-9-19)13-14-4-6-21(7-5-14)17-3-2-15(22(23)24)12-16(17)18/h2-3,12,14H,4-11,13H2,1H3. The van der Waals surface area contributed by atoms with Crippen LogP contribution >= 0.6 is 0 Å². The summed E-state index contributed by atoms with van der Waals surface area (Å²) in [6.45, 7) is 7.28. The Hall–Kier alpha value is -1.73. The Bertz CT molecular complexity index is 582. The second kappa shape index (κ2) is 7.44. The van der Waals surface area contributed by atoms with E-state index in [0.717, 1.165) is 64.7 Å². The first-order valence-electron chi connectivity index (χ1n) is 8.62. The number of hydrogen-bond acceptors (Lipinski definition) is 5. The van der Waals surface area contributed by atoms with Crippen LogP contribution in [0.5, 0.6) is 0 Å². The molecule has 0 aliphatic carbocycles. The average molecular weight is 336 g/mol. The highest BCUT2D eigenvalue weighted by Crippen LogP contribution is 2.28. The van der Waals surface area contributed by atoms with Gasteiger partial charge in [0.25, 0.3) is 5.69 Å². The van der Waals surface area contributed by atoms with Crippen molar-refractivity contribution in [2.75, 3.05) is 57.8 Å². The number of non-ortho nitro benzene ring substituents is 1. The summed E-state index contributed by atoms with van der Waals surface area (Å²) < 4.78 is 14.1. The smallest absolute Gasteiger partial charge is 0.272 e. The van der Waals surface area contributed by atoms with Gasteiger partial charge in [-0.25, -0.2) is 4.39 Å². The van der Waals surface area contributed by atoms with Gasteiger partial charge in [0.15, 0.2) is 5.82 Å². The fourth-order valence-electron chi connectivity index (χ4n) is 3.62. The van der Waals surface area contributed by atoms with Crippen molar-refractivity contribution >= 4 is 11.4 Å². The van der Waals surface area contributed by atoms with Crippen LogP contribution < -0.4 is 4.90 Å². The van der Waals surface area contributed by atoms with Crippen molar-refractivity contribution in [2.24, 2.45) is 5.92 Å². The molecule has 0 radical (unpaired) electrons. The molecular weight excluding hydrogens is 311 g/mol. The Morgan fingerprint density at radius 1 is 1.17 bits per heavy atom. The van der Waals surface area contributed by atoms with E-state index in [1.165, 1.54) is 12.1 Å². The Balaban J connectivity index is 1.52. The van der Waals surface area contributed by atoms with Crippen LogP contribution in [-0.2, 0) is 0 Å². The molecule has 0 saturated carbocycles. The zero-order valence-electron chi connectivity index (χ0n) is 14.2. The quantitative estimate of drug-likeness (QED) is 0.623. The van der Waals surface area contributed by atoms with Gasteiger partial charge >= 0.3 is 0 Å². The van der Waals surface area contributed by atoms with Crippen molar-refractivity contribution in [1.29, 1.82) is 0 Å². The number of rotatable bonds is 4. The highest BCUT2D eigenvalue weighted by atomic mass is 19.1. The van der Waals surface area contributed by atoms with Gasteiger partial charge in [-0.15, -0.1) is 0 Å². The monoisotopic (exact) mass is 336 g/mol. The molecule has 132 valence electrons. The molecule has 1 aromatic carbocycles. The summed E-state index contributed by atoms with van der Waals surface area (Å²) in [5, 5.41) is 10.7. The Labute approximate surface area is 142 Å². The lowest BCUT2D eigenvalue weighted by Gasteiger charge is -2.38. The van der Waals surface area contributed by atoms with Gasteiger partial charge in [-0.1, -0.05) is 0 Å². The third-order valence-corrected chi connectivity index (χ3v) is 5.21. The summed E-state index contributed by atoms with van der Waals surface area (Å²) in [7, 11) is 2.16. The number of halogens is 1. The molecule has 6 nitrogen and oxygen atoms in total. The zero-order valence-corrected chi connectivity index (χ0v) is 14.2. The van der Waals surface area contributed by atoms with Gasteiger partial charge in [0, 0.05) is 51.9 Å². The molecule has 0 bridgehead atoms. The van der Waals surface area contributed by atoms with Crippen LogP contribution in [0.1, 0.15) is 12.8 Å². The molecule has 0 N–H and O–H groups in total. The minimum absolute atomic E-state index is 0.193. The van der Waals surface area contributed by atoms with E-state index < -0.39 is 10.7 Å². The maximum absolute atomic E-state index is 14.1.